The lowest BCUT2D eigenvalue weighted by atomic mass is 10.1. The van der Waals surface area contributed by atoms with E-state index in [2.05, 4.69) is 24.0 Å². The van der Waals surface area contributed by atoms with E-state index in [0.717, 1.165) is 22.9 Å². The fraction of sp³-hybridized carbons (Fsp3) is 0.333. The van der Waals surface area contributed by atoms with Crippen molar-refractivity contribution in [2.45, 2.75) is 25.4 Å². The van der Waals surface area contributed by atoms with Crippen LogP contribution in [0.4, 0.5) is 0 Å². The van der Waals surface area contributed by atoms with Gasteiger partial charge in [0.25, 0.3) is 0 Å². The molecule has 1 heterocycles. The lowest BCUT2D eigenvalue weighted by Crippen LogP contribution is -2.11. The van der Waals surface area contributed by atoms with Crippen molar-refractivity contribution in [2.75, 3.05) is 11.6 Å². The molecule has 0 aliphatic heterocycles. The van der Waals surface area contributed by atoms with Crippen LogP contribution in [0.3, 0.4) is 0 Å². The van der Waals surface area contributed by atoms with Crippen molar-refractivity contribution in [3.63, 3.8) is 0 Å². The number of benzene rings is 1. The van der Waals surface area contributed by atoms with Gasteiger partial charge in [0.1, 0.15) is 0 Å². The van der Waals surface area contributed by atoms with Gasteiger partial charge in [0.15, 0.2) is 5.82 Å². The number of nitrogens with zero attached hydrogens (tertiary/aromatic N) is 3. The Morgan fingerprint density at radius 2 is 1.94 bits per heavy atom. The van der Waals surface area contributed by atoms with Crippen molar-refractivity contribution in [3.05, 3.63) is 29.8 Å². The summed E-state index contributed by atoms with van der Waals surface area (Å²) in [6, 6.07) is 8.11. The third kappa shape index (κ3) is 2.61. The molecule has 0 saturated heterocycles. The molecule has 5 heteroatoms. The van der Waals surface area contributed by atoms with Crippen LogP contribution in [0.25, 0.3) is 11.4 Å². The predicted molar refractivity (Wildman–Crippen MR) is 71.4 cm³/mol. The molecule has 1 aromatic carbocycles. The number of hydrogen-bond donors (Lipinski definition) is 1. The number of nitrogen functional groups attached to an aromatic ring is 1. The normalized spacial score (nSPS) is 10.7. The fourth-order valence-electron chi connectivity index (χ4n) is 1.47. The molecule has 0 fully saturated rings. The maximum atomic E-state index is 5.99. The van der Waals surface area contributed by atoms with Crippen molar-refractivity contribution in [2.24, 2.45) is 0 Å². The average molecular weight is 248 g/mol. The Bertz CT molecular complexity index is 490. The predicted octanol–water partition coefficient (Wildman–Crippen LogP) is 2.47. The second-order valence-electron chi connectivity index (χ2n) is 3.89. The molecular weight excluding hydrogens is 232 g/mol. The molecule has 0 spiro atoms. The van der Waals surface area contributed by atoms with E-state index in [1.54, 1.807) is 16.4 Å². The zero-order valence-corrected chi connectivity index (χ0v) is 10.9. The minimum absolute atomic E-state index is 0.712. The van der Waals surface area contributed by atoms with Gasteiger partial charge >= 0.3 is 0 Å². The zero-order valence-electron chi connectivity index (χ0n) is 10.1. The van der Waals surface area contributed by atoms with Crippen molar-refractivity contribution in [1.82, 2.24) is 14.9 Å². The summed E-state index contributed by atoms with van der Waals surface area (Å²) in [5, 5.41) is 9.00. The molecule has 2 aromatic rings. The van der Waals surface area contributed by atoms with Gasteiger partial charge in [-0.15, -0.1) is 10.2 Å². The molecular formula is C12H16N4S. The second-order valence-corrected chi connectivity index (χ2v) is 4.95. The number of hydrogen-bond acceptors (Lipinski definition) is 4. The largest absolute Gasteiger partial charge is 0.335 e. The molecule has 0 radical (unpaired) electrons. The smallest absolute Gasteiger partial charge is 0.210 e. The van der Waals surface area contributed by atoms with Gasteiger partial charge in [-0.3, -0.25) is 0 Å². The van der Waals surface area contributed by atoms with E-state index in [1.165, 1.54) is 5.56 Å². The quantitative estimate of drug-likeness (QED) is 0.667. The molecule has 0 aliphatic carbocycles. The molecule has 0 atom stereocenters. The number of thioether (sulfide) groups is 1. The number of rotatable bonds is 4. The Kier molecular flexibility index (Phi) is 3.68. The lowest BCUT2D eigenvalue weighted by Gasteiger charge is -2.03. The molecule has 1 aromatic heterocycles. The topological polar surface area (TPSA) is 56.7 Å². The Balaban J connectivity index is 2.27. The Morgan fingerprint density at radius 3 is 2.59 bits per heavy atom. The fourth-order valence-corrected chi connectivity index (χ4v) is 2.18. The van der Waals surface area contributed by atoms with E-state index in [1.807, 2.05) is 24.3 Å². The molecule has 4 nitrogen and oxygen atoms in total. The highest BCUT2D eigenvalue weighted by molar-refractivity contribution is 7.99. The van der Waals surface area contributed by atoms with E-state index in [-0.39, 0.29) is 0 Å². The first-order chi connectivity index (χ1) is 8.22. The maximum Gasteiger partial charge on any atom is 0.210 e. The Morgan fingerprint density at radius 1 is 1.24 bits per heavy atom. The van der Waals surface area contributed by atoms with E-state index in [9.17, 15) is 0 Å². The Labute approximate surface area is 105 Å². The third-order valence-electron chi connectivity index (χ3n) is 2.41. The molecule has 0 saturated carbocycles. The van der Waals surface area contributed by atoms with Crippen molar-refractivity contribution in [3.8, 4) is 11.4 Å². The second kappa shape index (κ2) is 5.23. The van der Waals surface area contributed by atoms with Crippen LogP contribution >= 0.6 is 11.8 Å². The van der Waals surface area contributed by atoms with E-state index < -0.39 is 0 Å². The van der Waals surface area contributed by atoms with Crippen LogP contribution in [0.5, 0.6) is 0 Å². The van der Waals surface area contributed by atoms with Crippen LogP contribution in [0.1, 0.15) is 18.9 Å². The number of aromatic nitrogens is 3. The van der Waals surface area contributed by atoms with Crippen molar-refractivity contribution >= 4 is 11.8 Å². The van der Waals surface area contributed by atoms with Gasteiger partial charge in [-0.2, -0.15) is 0 Å². The summed E-state index contributed by atoms with van der Waals surface area (Å²) >= 11 is 1.63. The van der Waals surface area contributed by atoms with Crippen LogP contribution in [0.2, 0.25) is 0 Å². The minimum atomic E-state index is 0.712. The summed E-state index contributed by atoms with van der Waals surface area (Å²) in [6.45, 7) is 4.19. The zero-order chi connectivity index (χ0) is 12.3. The van der Waals surface area contributed by atoms with Crippen LogP contribution in [-0.2, 0) is 0 Å². The summed E-state index contributed by atoms with van der Waals surface area (Å²) < 4.78 is 1.56. The Hall–Kier alpha value is -1.49. The summed E-state index contributed by atoms with van der Waals surface area (Å²) in [4.78, 5) is 0. The molecule has 90 valence electrons. The first-order valence-corrected chi connectivity index (χ1v) is 6.61. The van der Waals surface area contributed by atoms with Crippen LogP contribution in [0, 0.1) is 6.92 Å². The molecule has 0 unspecified atom stereocenters. The van der Waals surface area contributed by atoms with Crippen LogP contribution in [-0.4, -0.2) is 20.6 Å². The molecule has 2 N–H and O–H groups in total. The van der Waals surface area contributed by atoms with Crippen LogP contribution in [0.15, 0.2) is 29.4 Å². The molecule has 2 rings (SSSR count). The SMILES string of the molecule is CCCSc1nnc(-c2ccc(C)cc2)n1N. The summed E-state index contributed by atoms with van der Waals surface area (Å²) in [5.74, 6) is 7.70. The van der Waals surface area contributed by atoms with E-state index in [0.29, 0.717) is 5.82 Å². The van der Waals surface area contributed by atoms with Crippen molar-refractivity contribution < 1.29 is 0 Å². The third-order valence-corrected chi connectivity index (χ3v) is 3.56. The molecule has 0 aliphatic rings. The standard InChI is InChI=1S/C12H16N4S/c1-3-8-17-12-15-14-11(16(12)13)10-6-4-9(2)5-7-10/h4-7H,3,8,13H2,1-2H3. The first kappa shape index (κ1) is 12.0. The first-order valence-electron chi connectivity index (χ1n) is 5.62. The molecule has 17 heavy (non-hydrogen) atoms. The van der Waals surface area contributed by atoms with E-state index in [4.69, 9.17) is 5.84 Å². The number of aryl methyl sites for hydroxylation is 1. The van der Waals surface area contributed by atoms with Gasteiger partial charge in [-0.25, -0.2) is 4.68 Å². The van der Waals surface area contributed by atoms with E-state index >= 15 is 0 Å². The highest BCUT2D eigenvalue weighted by atomic mass is 32.2. The van der Waals surface area contributed by atoms with Gasteiger partial charge in [0.2, 0.25) is 5.16 Å². The minimum Gasteiger partial charge on any atom is -0.335 e. The maximum absolute atomic E-state index is 5.99. The van der Waals surface area contributed by atoms with Gasteiger partial charge < -0.3 is 5.84 Å². The average Bonchev–Trinajstić information content (AvgIpc) is 2.69. The number of nitrogens with two attached hydrogens (primary N) is 1. The van der Waals surface area contributed by atoms with Crippen LogP contribution < -0.4 is 5.84 Å². The van der Waals surface area contributed by atoms with Gasteiger partial charge in [-0.05, 0) is 13.3 Å². The van der Waals surface area contributed by atoms with Gasteiger partial charge in [0.05, 0.1) is 0 Å². The summed E-state index contributed by atoms with van der Waals surface area (Å²) in [5.41, 5.74) is 2.21. The summed E-state index contributed by atoms with van der Waals surface area (Å²) in [7, 11) is 0. The van der Waals surface area contributed by atoms with Gasteiger partial charge in [-0.1, -0.05) is 48.5 Å². The summed E-state index contributed by atoms with van der Waals surface area (Å²) in [6.07, 6.45) is 1.09. The monoisotopic (exact) mass is 248 g/mol. The lowest BCUT2D eigenvalue weighted by molar-refractivity contribution is 0.848. The highest BCUT2D eigenvalue weighted by Crippen LogP contribution is 2.21. The molecule has 0 amide bonds. The molecule has 0 bridgehead atoms. The van der Waals surface area contributed by atoms with Gasteiger partial charge in [0, 0.05) is 11.3 Å². The highest BCUT2D eigenvalue weighted by Gasteiger charge is 2.11. The van der Waals surface area contributed by atoms with Crippen molar-refractivity contribution in [1.29, 1.82) is 0 Å².